The van der Waals surface area contributed by atoms with Crippen molar-refractivity contribution in [1.29, 1.82) is 0 Å². The molecular formula is C16H20N2OS2. The SMILES string of the molecule is CN(CCCOc1ccccc1C(N)=S)Cc1ccsc1. The molecule has 1 heterocycles. The fraction of sp³-hybridized carbons (Fsp3) is 0.312. The summed E-state index contributed by atoms with van der Waals surface area (Å²) in [6.07, 6.45) is 0.965. The van der Waals surface area contributed by atoms with Gasteiger partial charge in [-0.1, -0.05) is 24.4 Å². The molecule has 0 fully saturated rings. The van der Waals surface area contributed by atoms with Crippen LogP contribution < -0.4 is 10.5 Å². The third kappa shape index (κ3) is 5.12. The molecule has 0 aliphatic rings. The molecule has 0 saturated heterocycles. The minimum atomic E-state index is 0.375. The maximum Gasteiger partial charge on any atom is 0.129 e. The van der Waals surface area contributed by atoms with E-state index < -0.39 is 0 Å². The van der Waals surface area contributed by atoms with Gasteiger partial charge >= 0.3 is 0 Å². The maximum absolute atomic E-state index is 5.79. The van der Waals surface area contributed by atoms with E-state index in [1.165, 1.54) is 5.56 Å². The Morgan fingerprint density at radius 3 is 2.86 bits per heavy atom. The van der Waals surface area contributed by atoms with Gasteiger partial charge < -0.3 is 15.4 Å². The van der Waals surface area contributed by atoms with Crippen molar-refractivity contribution in [3.8, 4) is 5.75 Å². The molecule has 2 N–H and O–H groups in total. The van der Waals surface area contributed by atoms with Crippen LogP contribution in [0.1, 0.15) is 17.5 Å². The molecule has 5 heteroatoms. The molecular weight excluding hydrogens is 300 g/mol. The van der Waals surface area contributed by atoms with Crippen LogP contribution in [-0.4, -0.2) is 30.1 Å². The molecule has 0 aliphatic carbocycles. The van der Waals surface area contributed by atoms with Gasteiger partial charge in [-0.15, -0.1) is 0 Å². The molecule has 1 aromatic carbocycles. The fourth-order valence-corrected chi connectivity index (χ4v) is 2.91. The van der Waals surface area contributed by atoms with E-state index in [4.69, 9.17) is 22.7 Å². The van der Waals surface area contributed by atoms with Crippen LogP contribution >= 0.6 is 23.6 Å². The summed E-state index contributed by atoms with van der Waals surface area (Å²) < 4.78 is 5.79. The Balaban J connectivity index is 1.73. The van der Waals surface area contributed by atoms with Crippen LogP contribution in [0.2, 0.25) is 0 Å². The van der Waals surface area contributed by atoms with Crippen molar-refractivity contribution < 1.29 is 4.74 Å². The minimum absolute atomic E-state index is 0.375. The van der Waals surface area contributed by atoms with E-state index in [1.54, 1.807) is 11.3 Å². The zero-order valence-electron chi connectivity index (χ0n) is 12.1. The first-order chi connectivity index (χ1) is 10.2. The normalized spacial score (nSPS) is 10.8. The van der Waals surface area contributed by atoms with Crippen molar-refractivity contribution in [3.05, 3.63) is 52.2 Å². The molecule has 112 valence electrons. The highest BCUT2D eigenvalue weighted by Gasteiger charge is 2.05. The Hall–Kier alpha value is -1.43. The van der Waals surface area contributed by atoms with Crippen LogP contribution in [0.4, 0.5) is 0 Å². The highest BCUT2D eigenvalue weighted by atomic mass is 32.1. The van der Waals surface area contributed by atoms with Crippen LogP contribution in [0.15, 0.2) is 41.1 Å². The summed E-state index contributed by atoms with van der Waals surface area (Å²) in [5.74, 6) is 0.769. The predicted octanol–water partition coefficient (Wildman–Crippen LogP) is 3.28. The van der Waals surface area contributed by atoms with E-state index in [1.807, 2.05) is 24.3 Å². The lowest BCUT2D eigenvalue weighted by Gasteiger charge is -2.16. The van der Waals surface area contributed by atoms with Gasteiger partial charge in [0.05, 0.1) is 12.2 Å². The van der Waals surface area contributed by atoms with Crippen molar-refractivity contribution in [2.45, 2.75) is 13.0 Å². The lowest BCUT2D eigenvalue weighted by molar-refractivity contribution is 0.258. The summed E-state index contributed by atoms with van der Waals surface area (Å²) in [4.78, 5) is 2.67. The molecule has 1 aromatic heterocycles. The number of ether oxygens (including phenoxy) is 1. The second-order valence-electron chi connectivity index (χ2n) is 4.93. The number of nitrogens with two attached hydrogens (primary N) is 1. The number of rotatable bonds is 8. The molecule has 21 heavy (non-hydrogen) atoms. The van der Waals surface area contributed by atoms with Crippen molar-refractivity contribution in [1.82, 2.24) is 4.90 Å². The second kappa shape index (κ2) is 8.12. The van der Waals surface area contributed by atoms with Gasteiger partial charge in [0.1, 0.15) is 10.7 Å². The molecule has 3 nitrogen and oxygen atoms in total. The third-order valence-electron chi connectivity index (χ3n) is 3.13. The summed E-state index contributed by atoms with van der Waals surface area (Å²) in [5, 5.41) is 4.30. The average molecular weight is 320 g/mol. The van der Waals surface area contributed by atoms with Gasteiger partial charge in [0.15, 0.2) is 0 Å². The van der Waals surface area contributed by atoms with Crippen LogP contribution in [0.25, 0.3) is 0 Å². The number of thiophene rings is 1. The molecule has 0 saturated carbocycles. The monoisotopic (exact) mass is 320 g/mol. The minimum Gasteiger partial charge on any atom is -0.493 e. The number of hydrogen-bond donors (Lipinski definition) is 1. The number of benzene rings is 1. The van der Waals surface area contributed by atoms with Crippen LogP contribution in [0, 0.1) is 0 Å². The standard InChI is InChI=1S/C16H20N2OS2/c1-18(11-13-7-10-21-12-13)8-4-9-19-15-6-3-2-5-14(15)16(17)20/h2-3,5-7,10,12H,4,8-9,11H2,1H3,(H2,17,20). The van der Waals surface area contributed by atoms with Crippen molar-refractivity contribution in [2.24, 2.45) is 5.73 Å². The number of hydrogen-bond acceptors (Lipinski definition) is 4. The average Bonchev–Trinajstić information content (AvgIpc) is 2.96. The molecule has 0 spiro atoms. The summed E-state index contributed by atoms with van der Waals surface area (Å²) >= 11 is 6.76. The van der Waals surface area contributed by atoms with Crippen molar-refractivity contribution in [2.75, 3.05) is 20.2 Å². The van der Waals surface area contributed by atoms with Gasteiger partial charge in [-0.05, 0) is 48.0 Å². The largest absolute Gasteiger partial charge is 0.493 e. The van der Waals surface area contributed by atoms with Crippen LogP contribution in [0.3, 0.4) is 0 Å². The first-order valence-corrected chi connectivity index (χ1v) is 8.23. The lowest BCUT2D eigenvalue weighted by Crippen LogP contribution is -2.20. The fourth-order valence-electron chi connectivity index (χ4n) is 2.09. The topological polar surface area (TPSA) is 38.5 Å². The Bertz CT molecular complexity index is 569. The lowest BCUT2D eigenvalue weighted by atomic mass is 10.2. The molecule has 0 unspecified atom stereocenters. The molecule has 0 atom stereocenters. The first kappa shape index (κ1) is 15.9. The Kier molecular flexibility index (Phi) is 6.17. The summed E-state index contributed by atoms with van der Waals surface area (Å²) in [7, 11) is 2.13. The molecule has 2 aromatic rings. The highest BCUT2D eigenvalue weighted by molar-refractivity contribution is 7.80. The van der Waals surface area contributed by atoms with Crippen LogP contribution in [0.5, 0.6) is 5.75 Å². The van der Waals surface area contributed by atoms with Crippen molar-refractivity contribution in [3.63, 3.8) is 0 Å². The molecule has 0 radical (unpaired) electrons. The van der Waals surface area contributed by atoms with Crippen molar-refractivity contribution >= 4 is 28.5 Å². The van der Waals surface area contributed by atoms with Gasteiger partial charge in [0.2, 0.25) is 0 Å². The summed E-state index contributed by atoms with van der Waals surface area (Å²) in [5.41, 5.74) is 7.85. The van der Waals surface area contributed by atoms with Gasteiger partial charge in [-0.3, -0.25) is 0 Å². The maximum atomic E-state index is 5.79. The second-order valence-corrected chi connectivity index (χ2v) is 6.15. The van der Waals surface area contributed by atoms with E-state index >= 15 is 0 Å². The third-order valence-corrected chi connectivity index (χ3v) is 4.08. The smallest absolute Gasteiger partial charge is 0.129 e. The Morgan fingerprint density at radius 1 is 1.33 bits per heavy atom. The Labute approximate surface area is 135 Å². The first-order valence-electron chi connectivity index (χ1n) is 6.88. The highest BCUT2D eigenvalue weighted by Crippen LogP contribution is 2.17. The number of para-hydroxylation sites is 1. The summed E-state index contributed by atoms with van der Waals surface area (Å²) in [6.45, 7) is 2.63. The number of nitrogens with zero attached hydrogens (tertiary/aromatic N) is 1. The van der Waals surface area contributed by atoms with E-state index in [-0.39, 0.29) is 0 Å². The van der Waals surface area contributed by atoms with Gasteiger partial charge in [0, 0.05) is 13.1 Å². The molecule has 2 rings (SSSR count). The quantitative estimate of drug-likeness (QED) is 0.598. The zero-order valence-corrected chi connectivity index (χ0v) is 13.8. The Morgan fingerprint density at radius 2 is 2.14 bits per heavy atom. The van der Waals surface area contributed by atoms with E-state index in [2.05, 4.69) is 28.8 Å². The van der Waals surface area contributed by atoms with E-state index in [0.717, 1.165) is 30.8 Å². The zero-order chi connectivity index (χ0) is 15.1. The van der Waals surface area contributed by atoms with Gasteiger partial charge in [-0.2, -0.15) is 11.3 Å². The molecule has 0 aliphatic heterocycles. The molecule has 0 amide bonds. The molecule has 0 bridgehead atoms. The van der Waals surface area contributed by atoms with Gasteiger partial charge in [0.25, 0.3) is 0 Å². The summed E-state index contributed by atoms with van der Waals surface area (Å²) in [6, 6.07) is 9.80. The van der Waals surface area contributed by atoms with E-state index in [0.29, 0.717) is 11.6 Å². The van der Waals surface area contributed by atoms with E-state index in [9.17, 15) is 0 Å². The number of thiocarbonyl (C=S) groups is 1. The van der Waals surface area contributed by atoms with Gasteiger partial charge in [-0.25, -0.2) is 0 Å². The van der Waals surface area contributed by atoms with Crippen LogP contribution in [-0.2, 0) is 6.54 Å². The predicted molar refractivity (Wildman–Crippen MR) is 93.1 cm³/mol.